The van der Waals surface area contributed by atoms with Gasteiger partial charge in [0.1, 0.15) is 6.10 Å². The van der Waals surface area contributed by atoms with Crippen molar-refractivity contribution >= 4 is 5.97 Å². The molecule has 4 atom stereocenters. The van der Waals surface area contributed by atoms with Gasteiger partial charge in [0.25, 0.3) is 0 Å². The van der Waals surface area contributed by atoms with Crippen molar-refractivity contribution < 1.29 is 24.9 Å². The van der Waals surface area contributed by atoms with Crippen LogP contribution in [0.3, 0.4) is 0 Å². The molecule has 0 fully saturated rings. The summed E-state index contributed by atoms with van der Waals surface area (Å²) in [6, 6.07) is 0. The third-order valence-electron chi connectivity index (χ3n) is 4.57. The van der Waals surface area contributed by atoms with Gasteiger partial charge in [-0.1, -0.05) is 73.8 Å². The summed E-state index contributed by atoms with van der Waals surface area (Å²) in [5.41, 5.74) is 0. The molecule has 0 saturated carbocycles. The molecule has 166 valence electrons. The van der Waals surface area contributed by atoms with Crippen molar-refractivity contribution in [3.8, 4) is 0 Å². The van der Waals surface area contributed by atoms with Crippen molar-refractivity contribution in [3.05, 3.63) is 72.9 Å². The molecule has 1 rings (SSSR count). The second kappa shape index (κ2) is 16.6. The standard InChI is InChI=1S/C25H36O5/c1-2-24-18-12-5-3-4-8-16-22(27)20-23(28)17-11-6-9-14-21(26)15-10-7-13-19-25(29)30-24/h3-4,6-11,13-14,16,19,21-24,26-28H,2,5,12,15,17-18,20H2,1H3/b4-3-,10-7-,11-6-,14-9-,16-8-,19-13-/t21-,22+,23+,24-/m1/s1. The fraction of sp³-hybridized carbons (Fsp3) is 0.480. The van der Waals surface area contributed by atoms with E-state index in [2.05, 4.69) is 0 Å². The number of aliphatic hydroxyl groups is 3. The lowest BCUT2D eigenvalue weighted by molar-refractivity contribution is -0.143. The average Bonchev–Trinajstić information content (AvgIpc) is 2.70. The van der Waals surface area contributed by atoms with Gasteiger partial charge >= 0.3 is 5.97 Å². The molecule has 0 radical (unpaired) electrons. The highest BCUT2D eigenvalue weighted by atomic mass is 16.5. The van der Waals surface area contributed by atoms with Gasteiger partial charge in [0.2, 0.25) is 0 Å². The molecule has 0 spiro atoms. The van der Waals surface area contributed by atoms with Gasteiger partial charge < -0.3 is 20.1 Å². The smallest absolute Gasteiger partial charge is 0.331 e. The van der Waals surface area contributed by atoms with Crippen molar-refractivity contribution in [1.82, 2.24) is 0 Å². The van der Waals surface area contributed by atoms with E-state index in [0.717, 1.165) is 25.7 Å². The highest BCUT2D eigenvalue weighted by Gasteiger charge is 2.10. The van der Waals surface area contributed by atoms with Gasteiger partial charge in [-0.3, -0.25) is 0 Å². The van der Waals surface area contributed by atoms with Crippen LogP contribution in [0.4, 0.5) is 0 Å². The van der Waals surface area contributed by atoms with Crippen LogP contribution >= 0.6 is 0 Å². The van der Waals surface area contributed by atoms with Gasteiger partial charge in [-0.05, 0) is 38.5 Å². The molecule has 0 aromatic rings. The van der Waals surface area contributed by atoms with Crippen LogP contribution in [-0.2, 0) is 9.53 Å². The second-order valence-corrected chi connectivity index (χ2v) is 7.31. The maximum Gasteiger partial charge on any atom is 0.331 e. The minimum Gasteiger partial charge on any atom is -0.459 e. The lowest BCUT2D eigenvalue weighted by Crippen LogP contribution is -2.15. The van der Waals surface area contributed by atoms with E-state index < -0.39 is 18.3 Å². The van der Waals surface area contributed by atoms with Gasteiger partial charge in [-0.15, -0.1) is 0 Å². The summed E-state index contributed by atoms with van der Waals surface area (Å²) >= 11 is 0. The number of cyclic esters (lactones) is 1. The molecule has 1 aliphatic heterocycles. The molecule has 0 saturated heterocycles. The first-order valence-corrected chi connectivity index (χ1v) is 10.8. The van der Waals surface area contributed by atoms with Crippen molar-refractivity contribution in [3.63, 3.8) is 0 Å². The zero-order valence-corrected chi connectivity index (χ0v) is 17.8. The first-order valence-electron chi connectivity index (χ1n) is 10.8. The first kappa shape index (κ1) is 25.8. The van der Waals surface area contributed by atoms with Crippen molar-refractivity contribution in [2.45, 2.75) is 76.3 Å². The molecule has 5 heteroatoms. The predicted octanol–water partition coefficient (Wildman–Crippen LogP) is 4.08. The van der Waals surface area contributed by atoms with Crippen LogP contribution in [-0.4, -0.2) is 45.7 Å². The van der Waals surface area contributed by atoms with Crippen LogP contribution in [0.25, 0.3) is 0 Å². The van der Waals surface area contributed by atoms with E-state index in [9.17, 15) is 20.1 Å². The summed E-state index contributed by atoms with van der Waals surface area (Å²) in [6.07, 6.45) is 23.2. The molecular formula is C25H36O5. The topological polar surface area (TPSA) is 87.0 Å². The van der Waals surface area contributed by atoms with Crippen LogP contribution in [0.5, 0.6) is 0 Å². The number of ether oxygens (including phenoxy) is 1. The minimum atomic E-state index is -0.704. The molecule has 30 heavy (non-hydrogen) atoms. The maximum absolute atomic E-state index is 11.9. The minimum absolute atomic E-state index is 0.107. The average molecular weight is 417 g/mol. The molecule has 0 unspecified atom stereocenters. The Morgan fingerprint density at radius 2 is 1.57 bits per heavy atom. The van der Waals surface area contributed by atoms with E-state index in [4.69, 9.17) is 4.74 Å². The Morgan fingerprint density at radius 1 is 0.900 bits per heavy atom. The van der Waals surface area contributed by atoms with Crippen LogP contribution in [0, 0.1) is 0 Å². The number of aliphatic hydroxyl groups excluding tert-OH is 3. The van der Waals surface area contributed by atoms with Crippen LogP contribution in [0.1, 0.15) is 51.9 Å². The van der Waals surface area contributed by atoms with Gasteiger partial charge in [-0.25, -0.2) is 4.79 Å². The summed E-state index contributed by atoms with van der Waals surface area (Å²) in [7, 11) is 0. The van der Waals surface area contributed by atoms with Crippen molar-refractivity contribution in [2.24, 2.45) is 0 Å². The SMILES string of the molecule is CC[C@@H]1CCC/C=C\C=C/[C@H](O)C[C@@H](O)C/C=C\C=C/[C@@H](O)C/C=C\C=C/C(=O)O1. The Morgan fingerprint density at radius 3 is 2.33 bits per heavy atom. The van der Waals surface area contributed by atoms with Gasteiger partial charge in [0, 0.05) is 12.5 Å². The highest BCUT2D eigenvalue weighted by Crippen LogP contribution is 2.10. The summed E-state index contributed by atoms with van der Waals surface area (Å²) in [5.74, 6) is -0.360. The van der Waals surface area contributed by atoms with Crippen LogP contribution < -0.4 is 0 Å². The summed E-state index contributed by atoms with van der Waals surface area (Å²) in [6.45, 7) is 1.99. The van der Waals surface area contributed by atoms with Crippen molar-refractivity contribution in [2.75, 3.05) is 0 Å². The largest absolute Gasteiger partial charge is 0.459 e. The fourth-order valence-corrected chi connectivity index (χ4v) is 2.85. The maximum atomic E-state index is 11.9. The Hall–Kier alpha value is -2.21. The number of hydrogen-bond acceptors (Lipinski definition) is 5. The number of carbonyl (C=O) groups excluding carboxylic acids is 1. The lowest BCUT2D eigenvalue weighted by atomic mass is 10.1. The molecule has 1 aliphatic rings. The van der Waals surface area contributed by atoms with E-state index in [1.54, 1.807) is 54.7 Å². The molecule has 0 bridgehead atoms. The third-order valence-corrected chi connectivity index (χ3v) is 4.57. The van der Waals surface area contributed by atoms with Crippen LogP contribution in [0.15, 0.2) is 72.9 Å². The Balaban J connectivity index is 2.70. The van der Waals surface area contributed by atoms with Gasteiger partial charge in [-0.2, -0.15) is 0 Å². The van der Waals surface area contributed by atoms with E-state index in [0.29, 0.717) is 12.8 Å². The fourth-order valence-electron chi connectivity index (χ4n) is 2.85. The normalized spacial score (nSPS) is 34.6. The predicted molar refractivity (Wildman–Crippen MR) is 121 cm³/mol. The number of carbonyl (C=O) groups is 1. The summed E-state index contributed by atoms with van der Waals surface area (Å²) in [5, 5.41) is 29.8. The quantitative estimate of drug-likeness (QED) is 0.561. The van der Waals surface area contributed by atoms with E-state index >= 15 is 0 Å². The monoisotopic (exact) mass is 416 g/mol. The zero-order valence-electron chi connectivity index (χ0n) is 17.8. The van der Waals surface area contributed by atoms with Crippen LogP contribution in [0.2, 0.25) is 0 Å². The third kappa shape index (κ3) is 13.9. The molecule has 1 heterocycles. The lowest BCUT2D eigenvalue weighted by Gasteiger charge is -2.14. The molecule has 0 aliphatic carbocycles. The molecule has 0 aromatic carbocycles. The summed E-state index contributed by atoms with van der Waals surface area (Å²) < 4.78 is 5.46. The van der Waals surface area contributed by atoms with E-state index in [1.165, 1.54) is 6.08 Å². The number of hydrogen-bond donors (Lipinski definition) is 3. The summed E-state index contributed by atoms with van der Waals surface area (Å²) in [4.78, 5) is 11.9. The molecule has 3 N–H and O–H groups in total. The molecule has 0 aromatic heterocycles. The molecule has 5 nitrogen and oxygen atoms in total. The number of rotatable bonds is 1. The molecular weight excluding hydrogens is 380 g/mol. The Bertz CT molecular complexity index is 642. The van der Waals surface area contributed by atoms with E-state index in [-0.39, 0.29) is 18.5 Å². The second-order valence-electron chi connectivity index (χ2n) is 7.31. The zero-order chi connectivity index (χ0) is 22.0. The number of esters is 1. The first-order chi connectivity index (χ1) is 14.5. The van der Waals surface area contributed by atoms with Gasteiger partial charge in [0.05, 0.1) is 18.3 Å². The Labute approximate surface area is 180 Å². The Kier molecular flexibility index (Phi) is 14.3. The van der Waals surface area contributed by atoms with E-state index in [1.807, 2.05) is 19.1 Å². The highest BCUT2D eigenvalue weighted by molar-refractivity contribution is 5.82. The van der Waals surface area contributed by atoms with Crippen molar-refractivity contribution in [1.29, 1.82) is 0 Å². The molecule has 0 amide bonds. The van der Waals surface area contributed by atoms with Gasteiger partial charge in [0.15, 0.2) is 0 Å². The number of allylic oxidation sites excluding steroid dienone is 7.